The fourth-order valence-electron chi connectivity index (χ4n) is 3.05. The molecule has 0 saturated carbocycles. The van der Waals surface area contributed by atoms with Crippen LogP contribution in [0, 0.1) is 5.82 Å². The Morgan fingerprint density at radius 2 is 2.11 bits per heavy atom. The Morgan fingerprint density at radius 1 is 1.36 bits per heavy atom. The Morgan fingerprint density at radius 3 is 2.86 bits per heavy atom. The number of hydrogen-bond acceptors (Lipinski definition) is 5. The molecule has 0 spiro atoms. The summed E-state index contributed by atoms with van der Waals surface area (Å²) < 4.78 is 19.4. The van der Waals surface area contributed by atoms with Crippen molar-refractivity contribution in [1.82, 2.24) is 10.2 Å². The lowest BCUT2D eigenvalue weighted by atomic mass is 10.2. The van der Waals surface area contributed by atoms with Crippen molar-refractivity contribution < 1.29 is 23.6 Å². The smallest absolute Gasteiger partial charge is 0.266 e. The van der Waals surface area contributed by atoms with E-state index < -0.39 is 5.82 Å². The predicted octanol–water partition coefficient (Wildman–Crippen LogP) is 0.448. The number of carbonyl (C=O) groups is 2. The highest BCUT2D eigenvalue weighted by Gasteiger charge is 2.33. The minimum atomic E-state index is -0.409. The highest BCUT2D eigenvalue weighted by Crippen LogP contribution is 2.32. The molecule has 2 aliphatic rings. The van der Waals surface area contributed by atoms with Gasteiger partial charge >= 0.3 is 0 Å². The zero-order valence-corrected chi connectivity index (χ0v) is 17.0. The van der Waals surface area contributed by atoms with Crippen molar-refractivity contribution in [2.45, 2.75) is 6.42 Å². The molecule has 9 heteroatoms. The molecule has 150 valence electrons. The number of hydrogen-bond donors (Lipinski definition) is 2. The third-order valence-corrected chi connectivity index (χ3v) is 5.97. The average molecular weight is 425 g/mol. The number of benzene rings is 1. The van der Waals surface area contributed by atoms with E-state index in [1.54, 1.807) is 18.2 Å². The van der Waals surface area contributed by atoms with Gasteiger partial charge in [-0.15, -0.1) is 0 Å². The number of rotatable bonds is 7. The topological polar surface area (TPSA) is 63.1 Å². The van der Waals surface area contributed by atoms with Gasteiger partial charge in [0.1, 0.15) is 29.8 Å². The summed E-state index contributed by atoms with van der Waals surface area (Å²) in [6, 6.07) is 6.20. The van der Waals surface area contributed by atoms with Crippen molar-refractivity contribution in [3.63, 3.8) is 0 Å². The summed E-state index contributed by atoms with van der Waals surface area (Å²) in [5.74, 6) is -1.03. The van der Waals surface area contributed by atoms with Crippen molar-refractivity contribution in [2.75, 3.05) is 45.9 Å². The number of halogens is 1. The van der Waals surface area contributed by atoms with Crippen molar-refractivity contribution in [3.05, 3.63) is 40.6 Å². The van der Waals surface area contributed by atoms with E-state index in [2.05, 4.69) is 5.32 Å². The van der Waals surface area contributed by atoms with Gasteiger partial charge in [0.15, 0.2) is 0 Å². The van der Waals surface area contributed by atoms with Gasteiger partial charge in [-0.2, -0.15) is 0 Å². The number of thioether (sulfide) groups is 1. The monoisotopic (exact) mass is 424 g/mol. The van der Waals surface area contributed by atoms with Gasteiger partial charge in [0.2, 0.25) is 5.91 Å². The summed E-state index contributed by atoms with van der Waals surface area (Å²) in [7, 11) is 0. The lowest BCUT2D eigenvalue weighted by Gasteiger charge is -2.23. The molecule has 0 radical (unpaired) electrons. The Hall–Kier alpha value is -1.81. The second-order valence-electron chi connectivity index (χ2n) is 6.61. The maximum Gasteiger partial charge on any atom is 0.266 e. The molecular weight excluding hydrogens is 401 g/mol. The summed E-state index contributed by atoms with van der Waals surface area (Å²) in [5.41, 5.74) is 0.318. The molecule has 2 heterocycles. The molecule has 0 aromatic heterocycles. The normalized spacial score (nSPS) is 19.5. The van der Waals surface area contributed by atoms with Crippen molar-refractivity contribution in [1.29, 1.82) is 0 Å². The largest absolute Gasteiger partial charge is 0.370 e. The zero-order valence-electron chi connectivity index (χ0n) is 15.4. The molecule has 2 aliphatic heterocycles. The summed E-state index contributed by atoms with van der Waals surface area (Å²) >= 11 is 6.30. The van der Waals surface area contributed by atoms with E-state index in [0.29, 0.717) is 21.3 Å². The number of carbonyl (C=O) groups excluding carboxylic acids is 2. The van der Waals surface area contributed by atoms with E-state index in [1.165, 1.54) is 21.9 Å². The van der Waals surface area contributed by atoms with Crippen LogP contribution in [0.1, 0.15) is 12.0 Å². The number of thiocarbonyl (C=S) groups is 1. The molecule has 0 aliphatic carbocycles. The van der Waals surface area contributed by atoms with Crippen LogP contribution >= 0.6 is 24.0 Å². The minimum Gasteiger partial charge on any atom is -0.370 e. The first-order chi connectivity index (χ1) is 13.5. The molecule has 3 rings (SSSR count). The highest BCUT2D eigenvalue weighted by atomic mass is 32.2. The summed E-state index contributed by atoms with van der Waals surface area (Å²) in [4.78, 5) is 27.8. The van der Waals surface area contributed by atoms with Crippen LogP contribution in [0.2, 0.25) is 0 Å². The summed E-state index contributed by atoms with van der Waals surface area (Å²) in [5, 5.41) is 2.84. The van der Waals surface area contributed by atoms with Crippen LogP contribution in [-0.2, 0) is 14.3 Å². The Labute approximate surface area is 173 Å². The highest BCUT2D eigenvalue weighted by molar-refractivity contribution is 8.26. The molecule has 1 aromatic rings. The summed E-state index contributed by atoms with van der Waals surface area (Å²) in [6.45, 7) is 4.99. The van der Waals surface area contributed by atoms with Gasteiger partial charge in [-0.05, 0) is 12.1 Å². The van der Waals surface area contributed by atoms with E-state index in [-0.39, 0.29) is 18.4 Å². The number of quaternary nitrogens is 1. The standard InChI is InChI=1S/C19H22FN3O3S2/c20-15-5-2-1-4-14(15)12-16-18(25)23(19(27)28-16)13-17(24)21-6-3-7-22-8-10-26-11-9-22/h1-2,4-5,12H,3,6-11,13H2,(H,21,24)/p+1/b16-12-. The Bertz CT molecular complexity index is 781. The third-order valence-electron chi connectivity index (χ3n) is 4.60. The first kappa shape index (κ1) is 20.9. The van der Waals surface area contributed by atoms with Crippen LogP contribution in [0.15, 0.2) is 29.2 Å². The van der Waals surface area contributed by atoms with Crippen LogP contribution in [-0.4, -0.2) is 67.0 Å². The molecule has 28 heavy (non-hydrogen) atoms. The minimum absolute atomic E-state index is 0.121. The SMILES string of the molecule is O=C(CN1C(=O)/C(=C/c2ccccc2F)SC1=S)NCCC[NH+]1CCOCC1. The molecule has 2 fully saturated rings. The number of morpholine rings is 1. The van der Waals surface area contributed by atoms with Crippen LogP contribution in [0.3, 0.4) is 0 Å². The quantitative estimate of drug-likeness (QED) is 0.378. The molecule has 1 aromatic carbocycles. The molecule has 0 bridgehead atoms. The van der Waals surface area contributed by atoms with Crippen LogP contribution in [0.5, 0.6) is 0 Å². The number of nitrogens with zero attached hydrogens (tertiary/aromatic N) is 1. The van der Waals surface area contributed by atoms with Crippen molar-refractivity contribution in [2.24, 2.45) is 0 Å². The van der Waals surface area contributed by atoms with E-state index >= 15 is 0 Å². The van der Waals surface area contributed by atoms with Gasteiger partial charge in [-0.25, -0.2) is 4.39 Å². The molecule has 2 amide bonds. The second kappa shape index (κ2) is 10.1. The molecule has 2 saturated heterocycles. The van der Waals surface area contributed by atoms with Gasteiger partial charge in [-0.1, -0.05) is 42.2 Å². The average Bonchev–Trinajstić information content (AvgIpc) is 2.95. The predicted molar refractivity (Wildman–Crippen MR) is 110 cm³/mol. The summed E-state index contributed by atoms with van der Waals surface area (Å²) in [6.07, 6.45) is 2.34. The van der Waals surface area contributed by atoms with Crippen LogP contribution in [0.4, 0.5) is 4.39 Å². The fraction of sp³-hybridized carbons (Fsp3) is 0.421. The first-order valence-electron chi connectivity index (χ1n) is 9.22. The fourth-order valence-corrected chi connectivity index (χ4v) is 4.29. The zero-order chi connectivity index (χ0) is 19.9. The number of ether oxygens (including phenoxy) is 1. The van der Waals surface area contributed by atoms with Gasteiger partial charge in [0, 0.05) is 18.5 Å². The molecule has 0 atom stereocenters. The third kappa shape index (κ3) is 5.60. The number of amides is 2. The van der Waals surface area contributed by atoms with Crippen LogP contribution in [0.25, 0.3) is 6.08 Å². The number of nitrogens with one attached hydrogen (secondary N) is 2. The van der Waals surface area contributed by atoms with Gasteiger partial charge in [-0.3, -0.25) is 14.5 Å². The lowest BCUT2D eigenvalue weighted by molar-refractivity contribution is -0.908. The van der Waals surface area contributed by atoms with Gasteiger partial charge < -0.3 is 15.0 Å². The molecular formula is C19H23FN3O3S2+. The lowest BCUT2D eigenvalue weighted by Crippen LogP contribution is -3.14. The van der Waals surface area contributed by atoms with Crippen LogP contribution < -0.4 is 10.2 Å². The van der Waals surface area contributed by atoms with Crippen molar-refractivity contribution >= 4 is 46.2 Å². The Kier molecular flexibility index (Phi) is 7.55. The van der Waals surface area contributed by atoms with E-state index in [0.717, 1.165) is 51.0 Å². The molecule has 2 N–H and O–H groups in total. The maximum absolute atomic E-state index is 13.8. The van der Waals surface area contributed by atoms with E-state index in [4.69, 9.17) is 17.0 Å². The van der Waals surface area contributed by atoms with Gasteiger partial charge in [0.05, 0.1) is 24.7 Å². The molecule has 6 nitrogen and oxygen atoms in total. The second-order valence-corrected chi connectivity index (χ2v) is 8.28. The Balaban J connectivity index is 1.47. The first-order valence-corrected chi connectivity index (χ1v) is 10.4. The van der Waals surface area contributed by atoms with E-state index in [1.807, 2.05) is 0 Å². The van der Waals surface area contributed by atoms with E-state index in [9.17, 15) is 14.0 Å². The van der Waals surface area contributed by atoms with Crippen molar-refractivity contribution in [3.8, 4) is 0 Å². The molecule has 0 unspecified atom stereocenters. The maximum atomic E-state index is 13.8. The van der Waals surface area contributed by atoms with Gasteiger partial charge in [0.25, 0.3) is 5.91 Å².